The largest absolute Gasteiger partial charge is 0.316 e. The van der Waals surface area contributed by atoms with E-state index in [2.05, 4.69) is 122 Å². The van der Waals surface area contributed by atoms with E-state index >= 15 is 0 Å². The molecule has 0 radical (unpaired) electrons. The van der Waals surface area contributed by atoms with Crippen LogP contribution in [0.3, 0.4) is 0 Å². The third-order valence-electron chi connectivity index (χ3n) is 7.70. The molecule has 3 aromatic rings. The van der Waals surface area contributed by atoms with Crippen LogP contribution in [0, 0.1) is 5.92 Å². The van der Waals surface area contributed by atoms with Crippen LogP contribution in [0.5, 0.6) is 0 Å². The Morgan fingerprint density at radius 1 is 0.900 bits per heavy atom. The molecule has 2 nitrogen and oxygen atoms in total. The molecule has 2 aliphatic carbocycles. The van der Waals surface area contributed by atoms with Crippen LogP contribution in [-0.4, -0.2) is 12.8 Å². The number of nitrogens with one attached hydrogen (secondary N) is 1. The summed E-state index contributed by atoms with van der Waals surface area (Å²) in [5.74, 6) is 0.356. The summed E-state index contributed by atoms with van der Waals surface area (Å²) in [5.41, 5.74) is 12.0. The van der Waals surface area contributed by atoms with Crippen LogP contribution in [0.15, 0.2) is 144 Å². The van der Waals surface area contributed by atoms with Gasteiger partial charge in [0.15, 0.2) is 0 Å². The van der Waals surface area contributed by atoms with Crippen LogP contribution in [0.4, 0.5) is 0 Å². The van der Waals surface area contributed by atoms with Gasteiger partial charge in [-0.1, -0.05) is 127 Å². The Balaban J connectivity index is 1.40. The van der Waals surface area contributed by atoms with Gasteiger partial charge in [-0.3, -0.25) is 0 Å². The summed E-state index contributed by atoms with van der Waals surface area (Å²) in [6.45, 7) is 7.44. The van der Waals surface area contributed by atoms with Gasteiger partial charge in [0.25, 0.3) is 0 Å². The maximum atomic E-state index is 5.10. The first-order chi connectivity index (χ1) is 19.6. The highest BCUT2D eigenvalue weighted by Crippen LogP contribution is 2.31. The van der Waals surface area contributed by atoms with Crippen molar-refractivity contribution in [2.75, 3.05) is 7.05 Å². The van der Waals surface area contributed by atoms with E-state index in [0.717, 1.165) is 42.8 Å². The van der Waals surface area contributed by atoms with Crippen LogP contribution >= 0.6 is 0 Å². The zero-order valence-electron chi connectivity index (χ0n) is 23.6. The van der Waals surface area contributed by atoms with E-state index in [9.17, 15) is 0 Å². The quantitative estimate of drug-likeness (QED) is 0.278. The van der Waals surface area contributed by atoms with Crippen molar-refractivity contribution in [2.24, 2.45) is 10.9 Å². The fraction of sp³-hybridized carbons (Fsp3) is 0.184. The summed E-state index contributed by atoms with van der Waals surface area (Å²) in [6.07, 6.45) is 16.7. The van der Waals surface area contributed by atoms with Crippen molar-refractivity contribution < 1.29 is 0 Å². The van der Waals surface area contributed by atoms with Crippen molar-refractivity contribution in [3.63, 3.8) is 0 Å². The second-order valence-corrected chi connectivity index (χ2v) is 10.5. The first-order valence-corrected chi connectivity index (χ1v) is 14.2. The molecule has 0 saturated carbocycles. The predicted octanol–water partition coefficient (Wildman–Crippen LogP) is 9.23. The topological polar surface area (TPSA) is 24.4 Å². The number of allylic oxidation sites excluding steroid dienone is 10. The Kier molecular flexibility index (Phi) is 9.00. The van der Waals surface area contributed by atoms with Gasteiger partial charge in [-0.15, -0.1) is 0 Å². The maximum Gasteiger partial charge on any atom is 0.0668 e. The molecule has 1 N–H and O–H groups in total. The molecule has 0 aromatic heterocycles. The van der Waals surface area contributed by atoms with Crippen LogP contribution in [0.2, 0.25) is 0 Å². The summed E-state index contributed by atoms with van der Waals surface area (Å²) in [5, 5.41) is 3.22. The zero-order chi connectivity index (χ0) is 27.7. The lowest BCUT2D eigenvalue weighted by Gasteiger charge is -2.20. The van der Waals surface area contributed by atoms with Crippen LogP contribution in [-0.2, 0) is 6.54 Å². The van der Waals surface area contributed by atoms with Gasteiger partial charge >= 0.3 is 0 Å². The Morgan fingerprint density at radius 3 is 2.25 bits per heavy atom. The summed E-state index contributed by atoms with van der Waals surface area (Å²) >= 11 is 0. The normalized spacial score (nSPS) is 17.6. The highest BCUT2D eigenvalue weighted by atomic mass is 14.8. The van der Waals surface area contributed by atoms with E-state index in [1.165, 1.54) is 39.0 Å². The van der Waals surface area contributed by atoms with Crippen molar-refractivity contribution in [3.05, 3.63) is 161 Å². The molecule has 5 rings (SSSR count). The molecule has 0 amide bonds. The van der Waals surface area contributed by atoms with Gasteiger partial charge < -0.3 is 5.32 Å². The molecule has 3 aromatic carbocycles. The summed E-state index contributed by atoms with van der Waals surface area (Å²) in [4.78, 5) is 5.10. The molecule has 0 spiro atoms. The first kappa shape index (κ1) is 27.3. The molecule has 0 saturated heterocycles. The molecule has 0 bridgehead atoms. The van der Waals surface area contributed by atoms with Crippen molar-refractivity contribution in [2.45, 2.75) is 32.7 Å². The molecule has 0 heterocycles. The molecule has 40 heavy (non-hydrogen) atoms. The van der Waals surface area contributed by atoms with E-state index in [0.29, 0.717) is 5.92 Å². The van der Waals surface area contributed by atoms with Gasteiger partial charge in [-0.25, -0.2) is 4.99 Å². The van der Waals surface area contributed by atoms with Gasteiger partial charge in [-0.2, -0.15) is 0 Å². The summed E-state index contributed by atoms with van der Waals surface area (Å²) in [6, 6.07) is 29.8. The Hall–Kier alpha value is -4.27. The number of nitrogens with zero attached hydrogens (tertiary/aromatic N) is 1. The number of aliphatic imine (C=N–C) groups is 1. The second-order valence-electron chi connectivity index (χ2n) is 10.5. The van der Waals surface area contributed by atoms with Gasteiger partial charge in [-0.05, 0) is 78.3 Å². The minimum Gasteiger partial charge on any atom is -0.316 e. The van der Waals surface area contributed by atoms with Crippen LogP contribution in [0.1, 0.15) is 48.4 Å². The van der Waals surface area contributed by atoms with Gasteiger partial charge in [0, 0.05) is 12.5 Å². The van der Waals surface area contributed by atoms with Crippen molar-refractivity contribution in [3.8, 4) is 0 Å². The summed E-state index contributed by atoms with van der Waals surface area (Å²) in [7, 11) is 1.98. The Labute approximate surface area is 239 Å². The number of benzene rings is 3. The second kappa shape index (κ2) is 13.2. The highest BCUT2D eigenvalue weighted by molar-refractivity contribution is 6.11. The average Bonchev–Trinajstić information content (AvgIpc) is 3.02. The molecule has 1 unspecified atom stereocenters. The van der Waals surface area contributed by atoms with E-state index in [1.807, 2.05) is 25.2 Å². The maximum absolute atomic E-state index is 5.10. The smallest absolute Gasteiger partial charge is 0.0668 e. The lowest BCUT2D eigenvalue weighted by atomic mass is 9.86. The van der Waals surface area contributed by atoms with Crippen molar-refractivity contribution in [1.29, 1.82) is 0 Å². The average molecular weight is 523 g/mol. The fourth-order valence-electron chi connectivity index (χ4n) is 5.29. The van der Waals surface area contributed by atoms with Gasteiger partial charge in [0.1, 0.15) is 0 Å². The summed E-state index contributed by atoms with van der Waals surface area (Å²) < 4.78 is 0. The molecular weight excluding hydrogens is 484 g/mol. The first-order valence-electron chi connectivity index (χ1n) is 14.2. The predicted molar refractivity (Wildman–Crippen MR) is 173 cm³/mol. The monoisotopic (exact) mass is 522 g/mol. The molecule has 2 heteroatoms. The van der Waals surface area contributed by atoms with Gasteiger partial charge in [0.2, 0.25) is 0 Å². The lowest BCUT2D eigenvalue weighted by molar-refractivity contribution is 0.770. The highest BCUT2D eigenvalue weighted by Gasteiger charge is 2.16. The Bertz CT molecular complexity index is 1510. The SMILES string of the molecule is C=C(/N=C(\C=C(/C)C1C=CC(c2ccccc2)=CC1)C1=CC=C(c2ccc(CNC)cc2)CC1)c1ccccc1. The van der Waals surface area contributed by atoms with E-state index in [1.54, 1.807) is 0 Å². The zero-order valence-corrected chi connectivity index (χ0v) is 23.6. The minimum absolute atomic E-state index is 0.356. The third kappa shape index (κ3) is 6.83. The molecule has 2 aliphatic rings. The molecule has 200 valence electrons. The van der Waals surface area contributed by atoms with E-state index in [4.69, 9.17) is 4.99 Å². The van der Waals surface area contributed by atoms with E-state index in [-0.39, 0.29) is 0 Å². The molecular formula is C38H38N2. The van der Waals surface area contributed by atoms with Crippen molar-refractivity contribution in [1.82, 2.24) is 5.32 Å². The molecule has 0 fully saturated rings. The third-order valence-corrected chi connectivity index (χ3v) is 7.70. The fourth-order valence-corrected chi connectivity index (χ4v) is 5.29. The Morgan fingerprint density at radius 2 is 1.62 bits per heavy atom. The standard InChI is InChI=1S/C38H38N2/c1-28(31-18-20-35(21-19-31)33-12-8-5-9-13-33)26-38(40-29(2)32-10-6-4-7-11-32)37-24-22-36(23-25-37)34-16-14-30(15-17-34)27-39-3/h4-18,20-22,24,26,31,39H,2,19,23,25,27H2,1,3H3/b28-26+,40-38+. The number of hydrogen-bond donors (Lipinski definition) is 1. The molecule has 1 atom stereocenters. The number of hydrogen-bond acceptors (Lipinski definition) is 2. The van der Waals surface area contributed by atoms with Crippen LogP contribution < -0.4 is 5.32 Å². The van der Waals surface area contributed by atoms with E-state index < -0.39 is 0 Å². The number of rotatable bonds is 9. The molecule has 0 aliphatic heterocycles. The lowest BCUT2D eigenvalue weighted by Crippen LogP contribution is -2.08. The van der Waals surface area contributed by atoms with Crippen molar-refractivity contribution >= 4 is 22.6 Å². The minimum atomic E-state index is 0.356. The van der Waals surface area contributed by atoms with Crippen LogP contribution in [0.25, 0.3) is 16.8 Å². The van der Waals surface area contributed by atoms with Gasteiger partial charge in [0.05, 0.1) is 11.4 Å².